The van der Waals surface area contributed by atoms with Gasteiger partial charge in [0.25, 0.3) is 0 Å². The molecule has 2 saturated heterocycles. The van der Waals surface area contributed by atoms with Crippen LogP contribution in [0.1, 0.15) is 124 Å². The topological polar surface area (TPSA) is 164 Å². The van der Waals surface area contributed by atoms with Gasteiger partial charge in [-0.2, -0.15) is 23.8 Å². The standard InChI is InChI=1S/C38H60F3N7O6/c1-36(2,3)54-35(53)42-29-13-8-6-4-5-7-12-27-21-37(27,34(51)52)43-32(49)30-19-28(22-47(30)33(29)50)48-45-31(44-46-48)26-11-9-10-25(18-26)24-16-14-23(15-17-24)20-38(39,40)41/h7,12,23-31,44-46H,4-6,8-11,13-22H2,1-3H3,(H,42,53)(H,43,49)(H,51,52)/b12-7-/t23?,24?,25?,26?,27-,28+,29-,30+,31?,37+/m1/s1. The summed E-state index contributed by atoms with van der Waals surface area (Å²) >= 11 is 0. The number of amides is 3. The number of rotatable bonds is 6. The molecule has 0 aromatic rings. The summed E-state index contributed by atoms with van der Waals surface area (Å²) in [6.07, 6.45) is 9.10. The van der Waals surface area contributed by atoms with Crippen LogP contribution in [0.15, 0.2) is 12.2 Å². The minimum Gasteiger partial charge on any atom is -0.479 e. The van der Waals surface area contributed by atoms with Gasteiger partial charge in [-0.15, -0.1) is 0 Å². The first-order chi connectivity index (χ1) is 25.5. The van der Waals surface area contributed by atoms with Gasteiger partial charge in [0.2, 0.25) is 11.8 Å². The van der Waals surface area contributed by atoms with Crippen molar-refractivity contribution >= 4 is 23.9 Å². The molecule has 0 aromatic heterocycles. The number of alkyl carbamates (subject to hydrolysis) is 1. The number of ether oxygens (including phenoxy) is 1. The Morgan fingerprint density at radius 3 is 2.41 bits per heavy atom. The van der Waals surface area contributed by atoms with Crippen molar-refractivity contribution in [3.8, 4) is 0 Å². The van der Waals surface area contributed by atoms with Crippen molar-refractivity contribution in [3.63, 3.8) is 0 Å². The van der Waals surface area contributed by atoms with Gasteiger partial charge < -0.3 is 25.4 Å². The molecule has 5 fully saturated rings. The van der Waals surface area contributed by atoms with Crippen LogP contribution in [0, 0.1) is 29.6 Å². The van der Waals surface area contributed by atoms with Crippen molar-refractivity contribution in [1.82, 2.24) is 37.0 Å². The Hall–Kier alpha value is -2.95. The lowest BCUT2D eigenvalue weighted by Gasteiger charge is -2.40. The maximum absolute atomic E-state index is 14.4. The largest absolute Gasteiger partial charge is 0.479 e. The second kappa shape index (κ2) is 16.6. The molecule has 3 amide bonds. The van der Waals surface area contributed by atoms with Crippen LogP contribution in [0.25, 0.3) is 0 Å². The molecule has 16 heteroatoms. The molecule has 3 saturated carbocycles. The van der Waals surface area contributed by atoms with Crippen LogP contribution in [0.5, 0.6) is 0 Å². The number of carbonyl (C=O) groups is 4. The van der Waals surface area contributed by atoms with E-state index in [0.29, 0.717) is 37.5 Å². The van der Waals surface area contributed by atoms with Gasteiger partial charge in [0.15, 0.2) is 0 Å². The van der Waals surface area contributed by atoms with Gasteiger partial charge in [-0.25, -0.2) is 20.4 Å². The number of halogens is 3. The Labute approximate surface area is 316 Å². The SMILES string of the molecule is CC(C)(C)OC(=O)N[C@@H]1CCCCC/C=C\[C@@H]2C[C@]2(C(=O)O)NC(=O)[C@@H]2C[C@H](N3NNC(C4CCCC(C5CCC(CC(F)(F)F)CC5)C4)N3)CN2C1=O. The quantitative estimate of drug-likeness (QED) is 0.202. The zero-order valence-electron chi connectivity index (χ0n) is 31.9. The minimum absolute atomic E-state index is 0.132. The summed E-state index contributed by atoms with van der Waals surface area (Å²) in [5, 5.41) is 17.6. The van der Waals surface area contributed by atoms with Crippen LogP contribution < -0.4 is 27.0 Å². The summed E-state index contributed by atoms with van der Waals surface area (Å²) in [6.45, 7) is 5.37. The Balaban J connectivity index is 1.13. The van der Waals surface area contributed by atoms with Gasteiger partial charge in [0.1, 0.15) is 23.2 Å². The summed E-state index contributed by atoms with van der Waals surface area (Å²) in [6, 6.07) is -2.29. The highest BCUT2D eigenvalue weighted by Gasteiger charge is 2.61. The molecule has 6 N–H and O–H groups in total. The summed E-state index contributed by atoms with van der Waals surface area (Å²) in [7, 11) is 0. The number of hydrazine groups is 3. The van der Waals surface area contributed by atoms with Gasteiger partial charge in [0, 0.05) is 18.9 Å². The lowest BCUT2D eigenvalue weighted by molar-refractivity contribution is -0.147. The van der Waals surface area contributed by atoms with Crippen LogP contribution in [-0.2, 0) is 19.1 Å². The van der Waals surface area contributed by atoms with E-state index in [4.69, 9.17) is 4.74 Å². The molecule has 0 bridgehead atoms. The molecule has 6 rings (SSSR count). The first-order valence-corrected chi connectivity index (χ1v) is 20.2. The maximum atomic E-state index is 14.4. The number of hydrogen-bond donors (Lipinski definition) is 6. The number of fused-ring (bicyclic) bond motifs is 2. The number of aliphatic carboxylic acids is 1. The second-order valence-corrected chi connectivity index (χ2v) is 17.8. The van der Waals surface area contributed by atoms with Crippen molar-refractivity contribution < 1.29 is 42.2 Å². The lowest BCUT2D eigenvalue weighted by atomic mass is 9.68. The first kappa shape index (κ1) is 40.7. The molecule has 13 nitrogen and oxygen atoms in total. The van der Waals surface area contributed by atoms with Gasteiger partial charge >= 0.3 is 18.2 Å². The number of nitrogens with one attached hydrogen (secondary N) is 5. The van der Waals surface area contributed by atoms with E-state index in [0.717, 1.165) is 57.8 Å². The predicted octanol–water partition coefficient (Wildman–Crippen LogP) is 5.05. The molecule has 0 aromatic carbocycles. The molecule has 0 spiro atoms. The van der Waals surface area contributed by atoms with Crippen LogP contribution >= 0.6 is 0 Å². The highest BCUT2D eigenvalue weighted by atomic mass is 19.4. The van der Waals surface area contributed by atoms with Crippen molar-refractivity contribution in [2.24, 2.45) is 29.6 Å². The van der Waals surface area contributed by atoms with Gasteiger partial charge in [-0.05, 0) is 115 Å². The van der Waals surface area contributed by atoms with Crippen LogP contribution in [-0.4, -0.2) is 87.2 Å². The fourth-order valence-corrected chi connectivity index (χ4v) is 9.68. The van der Waals surface area contributed by atoms with E-state index in [2.05, 4.69) is 27.0 Å². The van der Waals surface area contributed by atoms with E-state index < -0.39 is 59.7 Å². The number of carboxylic acid groups (broad SMARTS) is 1. The second-order valence-electron chi connectivity index (χ2n) is 17.8. The molecular formula is C38H60F3N7O6. The highest BCUT2D eigenvalue weighted by molar-refractivity contribution is 5.96. The fourth-order valence-electron chi connectivity index (χ4n) is 9.68. The third-order valence-electron chi connectivity index (χ3n) is 12.6. The number of carboxylic acids is 1. The molecule has 0 radical (unpaired) electrons. The van der Waals surface area contributed by atoms with Gasteiger partial charge in [0.05, 0.1) is 12.2 Å². The summed E-state index contributed by atoms with van der Waals surface area (Å²) in [4.78, 5) is 55.3. The lowest BCUT2D eigenvalue weighted by Crippen LogP contribution is -2.56. The van der Waals surface area contributed by atoms with Crippen molar-refractivity contribution in [3.05, 3.63) is 12.2 Å². The average Bonchev–Trinajstić information content (AvgIpc) is 3.40. The molecule has 3 heterocycles. The van der Waals surface area contributed by atoms with Crippen LogP contribution in [0.2, 0.25) is 0 Å². The van der Waals surface area contributed by atoms with Gasteiger partial charge in [-0.1, -0.05) is 37.8 Å². The molecular weight excluding hydrogens is 707 g/mol. The predicted molar refractivity (Wildman–Crippen MR) is 193 cm³/mol. The Bertz CT molecular complexity index is 1400. The molecule has 3 aliphatic carbocycles. The van der Waals surface area contributed by atoms with Crippen LogP contribution in [0.3, 0.4) is 0 Å². The van der Waals surface area contributed by atoms with E-state index in [1.165, 1.54) is 4.90 Å². The van der Waals surface area contributed by atoms with Gasteiger partial charge in [-0.3, -0.25) is 9.59 Å². The van der Waals surface area contributed by atoms with E-state index in [1.54, 1.807) is 25.9 Å². The van der Waals surface area contributed by atoms with E-state index in [1.807, 2.05) is 12.2 Å². The van der Waals surface area contributed by atoms with Crippen molar-refractivity contribution in [2.75, 3.05) is 6.54 Å². The molecule has 8 atom stereocenters. The van der Waals surface area contributed by atoms with Crippen LogP contribution in [0.4, 0.5) is 18.0 Å². The maximum Gasteiger partial charge on any atom is 0.408 e. The Morgan fingerprint density at radius 2 is 1.70 bits per heavy atom. The molecule has 6 aliphatic rings. The molecule has 304 valence electrons. The molecule has 3 unspecified atom stereocenters. The number of nitrogens with zero attached hydrogens (tertiary/aromatic N) is 2. The monoisotopic (exact) mass is 767 g/mol. The zero-order valence-corrected chi connectivity index (χ0v) is 31.9. The Kier molecular flexibility index (Phi) is 12.5. The number of alkyl halides is 3. The van der Waals surface area contributed by atoms with Crippen molar-refractivity contribution in [2.45, 2.75) is 165 Å². The fraction of sp³-hybridized carbons (Fsp3) is 0.842. The first-order valence-electron chi connectivity index (χ1n) is 20.2. The van der Waals surface area contributed by atoms with E-state index >= 15 is 0 Å². The zero-order chi connectivity index (χ0) is 38.8. The van der Waals surface area contributed by atoms with E-state index in [9.17, 15) is 37.5 Å². The highest BCUT2D eigenvalue weighted by Crippen LogP contribution is 2.46. The normalized spacial score (nSPS) is 38.0. The summed E-state index contributed by atoms with van der Waals surface area (Å²) < 4.78 is 44.5. The minimum atomic E-state index is -4.11. The number of allylic oxidation sites excluding steroid dienone is 1. The molecule has 54 heavy (non-hydrogen) atoms. The number of carbonyl (C=O) groups excluding carboxylic acids is 3. The third-order valence-corrected chi connectivity index (χ3v) is 12.6. The third kappa shape index (κ3) is 10.1. The number of hydrogen-bond acceptors (Lipinski definition) is 9. The van der Waals surface area contributed by atoms with E-state index in [-0.39, 0.29) is 49.3 Å². The smallest absolute Gasteiger partial charge is 0.408 e. The molecule has 3 aliphatic heterocycles. The van der Waals surface area contributed by atoms with Crippen molar-refractivity contribution in [1.29, 1.82) is 0 Å². The summed E-state index contributed by atoms with van der Waals surface area (Å²) in [5.74, 6) is -1.53. The Morgan fingerprint density at radius 1 is 0.963 bits per heavy atom. The summed E-state index contributed by atoms with van der Waals surface area (Å²) in [5.41, 5.74) is 7.91. The average molecular weight is 768 g/mol.